The molecular formula is C20H26ClN5O3S. The third-order valence-corrected chi connectivity index (χ3v) is 6.04. The SMILES string of the molecule is CN(Cc1cccc(Cl)c1)C(=O)CSc1nnc(CCC(N)=O)n1CC1CCCO1. The van der Waals surface area contributed by atoms with Crippen LogP contribution in [0.1, 0.15) is 30.7 Å². The predicted molar refractivity (Wildman–Crippen MR) is 115 cm³/mol. The van der Waals surface area contributed by atoms with Crippen molar-refractivity contribution in [1.82, 2.24) is 19.7 Å². The Morgan fingerprint density at radius 3 is 2.93 bits per heavy atom. The molecule has 1 aliphatic heterocycles. The standard InChI is InChI=1S/C20H26ClN5O3S/c1-25(11-14-4-2-5-15(21)10-14)19(28)13-30-20-24-23-18(8-7-17(22)27)26(20)12-16-6-3-9-29-16/h2,4-5,10,16H,3,6-9,11-13H2,1H3,(H2,22,27). The van der Waals surface area contributed by atoms with Crippen molar-refractivity contribution in [3.05, 3.63) is 40.7 Å². The average Bonchev–Trinajstić information content (AvgIpc) is 3.35. The topological polar surface area (TPSA) is 103 Å². The van der Waals surface area contributed by atoms with Crippen LogP contribution in [0.3, 0.4) is 0 Å². The number of amides is 2. The molecule has 10 heteroatoms. The van der Waals surface area contributed by atoms with Gasteiger partial charge in [0.05, 0.1) is 18.4 Å². The van der Waals surface area contributed by atoms with Crippen LogP contribution in [-0.4, -0.2) is 57.0 Å². The second-order valence-corrected chi connectivity index (χ2v) is 8.66. The Hall–Kier alpha value is -2.10. The first-order chi connectivity index (χ1) is 14.4. The molecule has 2 aromatic rings. The minimum absolute atomic E-state index is 0.0228. The number of nitrogens with zero attached hydrogens (tertiary/aromatic N) is 4. The Kier molecular flexibility index (Phi) is 8.12. The highest BCUT2D eigenvalue weighted by molar-refractivity contribution is 7.99. The summed E-state index contributed by atoms with van der Waals surface area (Å²) in [6, 6.07) is 7.46. The fourth-order valence-corrected chi connectivity index (χ4v) is 4.38. The number of halogens is 1. The van der Waals surface area contributed by atoms with E-state index in [-0.39, 0.29) is 30.1 Å². The van der Waals surface area contributed by atoms with Gasteiger partial charge in [0.2, 0.25) is 11.8 Å². The number of hydrogen-bond acceptors (Lipinski definition) is 6. The molecule has 1 saturated heterocycles. The van der Waals surface area contributed by atoms with E-state index in [9.17, 15) is 9.59 Å². The van der Waals surface area contributed by atoms with Gasteiger partial charge >= 0.3 is 0 Å². The van der Waals surface area contributed by atoms with Crippen molar-refractivity contribution in [3.8, 4) is 0 Å². The van der Waals surface area contributed by atoms with Gasteiger partial charge in [-0.25, -0.2) is 0 Å². The van der Waals surface area contributed by atoms with E-state index in [1.807, 2.05) is 22.8 Å². The van der Waals surface area contributed by atoms with Gasteiger partial charge < -0.3 is 19.9 Å². The lowest BCUT2D eigenvalue weighted by atomic mass is 10.2. The molecule has 0 bridgehead atoms. The van der Waals surface area contributed by atoms with Gasteiger partial charge in [-0.3, -0.25) is 9.59 Å². The molecule has 30 heavy (non-hydrogen) atoms. The lowest BCUT2D eigenvalue weighted by Gasteiger charge is -2.18. The number of hydrogen-bond donors (Lipinski definition) is 1. The average molecular weight is 452 g/mol. The summed E-state index contributed by atoms with van der Waals surface area (Å²) < 4.78 is 7.69. The van der Waals surface area contributed by atoms with E-state index in [0.29, 0.717) is 35.5 Å². The number of carbonyl (C=O) groups excluding carboxylic acids is 2. The molecule has 0 radical (unpaired) electrons. The number of primary amides is 1. The van der Waals surface area contributed by atoms with Crippen molar-refractivity contribution in [2.45, 2.75) is 50.0 Å². The molecule has 162 valence electrons. The monoisotopic (exact) mass is 451 g/mol. The predicted octanol–water partition coefficient (Wildman–Crippen LogP) is 2.28. The normalized spacial score (nSPS) is 16.0. The van der Waals surface area contributed by atoms with Gasteiger partial charge in [-0.05, 0) is 30.5 Å². The zero-order chi connectivity index (χ0) is 21.5. The number of carbonyl (C=O) groups is 2. The summed E-state index contributed by atoms with van der Waals surface area (Å²) in [5, 5.41) is 9.76. The van der Waals surface area contributed by atoms with Crippen LogP contribution in [0.25, 0.3) is 0 Å². The Labute approximate surface area is 185 Å². The van der Waals surface area contributed by atoms with E-state index >= 15 is 0 Å². The van der Waals surface area contributed by atoms with E-state index in [2.05, 4.69) is 10.2 Å². The summed E-state index contributed by atoms with van der Waals surface area (Å²) >= 11 is 7.36. The number of aromatic nitrogens is 3. The third-order valence-electron chi connectivity index (χ3n) is 4.86. The fourth-order valence-electron chi connectivity index (χ4n) is 3.25. The highest BCUT2D eigenvalue weighted by Gasteiger charge is 2.22. The van der Waals surface area contributed by atoms with E-state index in [1.54, 1.807) is 18.0 Å². The van der Waals surface area contributed by atoms with Crippen molar-refractivity contribution in [2.24, 2.45) is 5.73 Å². The molecule has 1 atom stereocenters. The number of aryl methyl sites for hydroxylation is 1. The third kappa shape index (κ3) is 6.45. The van der Waals surface area contributed by atoms with Crippen molar-refractivity contribution >= 4 is 35.2 Å². The van der Waals surface area contributed by atoms with Crippen LogP contribution in [0.4, 0.5) is 0 Å². The Morgan fingerprint density at radius 2 is 2.23 bits per heavy atom. The second-order valence-electron chi connectivity index (χ2n) is 7.28. The summed E-state index contributed by atoms with van der Waals surface area (Å²) in [5.74, 6) is 0.516. The van der Waals surface area contributed by atoms with Crippen LogP contribution >= 0.6 is 23.4 Å². The lowest BCUT2D eigenvalue weighted by molar-refractivity contribution is -0.127. The molecule has 2 amide bonds. The van der Waals surface area contributed by atoms with Crippen molar-refractivity contribution in [2.75, 3.05) is 19.4 Å². The second kappa shape index (κ2) is 10.8. The van der Waals surface area contributed by atoms with Crippen LogP contribution in [0.2, 0.25) is 5.02 Å². The number of rotatable bonds is 10. The van der Waals surface area contributed by atoms with E-state index in [0.717, 1.165) is 25.0 Å². The largest absolute Gasteiger partial charge is 0.376 e. The molecule has 0 spiro atoms. The van der Waals surface area contributed by atoms with Gasteiger partial charge in [0.25, 0.3) is 0 Å². The maximum Gasteiger partial charge on any atom is 0.233 e. The molecule has 2 heterocycles. The Morgan fingerprint density at radius 1 is 1.40 bits per heavy atom. The Balaban J connectivity index is 1.62. The molecule has 1 aromatic carbocycles. The summed E-state index contributed by atoms with van der Waals surface area (Å²) in [6.07, 6.45) is 2.71. The smallest absolute Gasteiger partial charge is 0.233 e. The van der Waals surface area contributed by atoms with Crippen molar-refractivity contribution in [3.63, 3.8) is 0 Å². The molecule has 1 unspecified atom stereocenters. The summed E-state index contributed by atoms with van der Waals surface area (Å²) in [7, 11) is 1.76. The van der Waals surface area contributed by atoms with Gasteiger partial charge in [-0.1, -0.05) is 35.5 Å². The lowest BCUT2D eigenvalue weighted by Crippen LogP contribution is -2.28. The van der Waals surface area contributed by atoms with Crippen molar-refractivity contribution < 1.29 is 14.3 Å². The highest BCUT2D eigenvalue weighted by Crippen LogP contribution is 2.22. The van der Waals surface area contributed by atoms with Crippen LogP contribution in [-0.2, 0) is 33.8 Å². The van der Waals surface area contributed by atoms with E-state index < -0.39 is 0 Å². The molecule has 0 saturated carbocycles. The summed E-state index contributed by atoms with van der Waals surface area (Å²) in [5.41, 5.74) is 6.25. The Bertz CT molecular complexity index is 885. The number of nitrogens with two attached hydrogens (primary N) is 1. The zero-order valence-corrected chi connectivity index (χ0v) is 18.5. The first kappa shape index (κ1) is 22.6. The maximum atomic E-state index is 12.6. The highest BCUT2D eigenvalue weighted by atomic mass is 35.5. The summed E-state index contributed by atoms with van der Waals surface area (Å²) in [6.45, 7) is 1.83. The van der Waals surface area contributed by atoms with Gasteiger partial charge in [0.15, 0.2) is 5.16 Å². The van der Waals surface area contributed by atoms with Crippen molar-refractivity contribution in [1.29, 1.82) is 0 Å². The molecule has 1 aliphatic rings. The molecule has 0 aliphatic carbocycles. The molecule has 1 fully saturated rings. The van der Waals surface area contributed by atoms with Gasteiger partial charge in [0, 0.05) is 38.1 Å². The van der Waals surface area contributed by atoms with Crippen LogP contribution in [0.15, 0.2) is 29.4 Å². The van der Waals surface area contributed by atoms with Crippen LogP contribution in [0, 0.1) is 0 Å². The first-order valence-electron chi connectivity index (χ1n) is 9.85. The van der Waals surface area contributed by atoms with E-state index in [4.69, 9.17) is 22.1 Å². The number of thioether (sulfide) groups is 1. The van der Waals surface area contributed by atoms with Gasteiger partial charge in [-0.15, -0.1) is 10.2 Å². The van der Waals surface area contributed by atoms with E-state index in [1.165, 1.54) is 11.8 Å². The molecule has 2 N–H and O–H groups in total. The molecule has 8 nitrogen and oxygen atoms in total. The minimum Gasteiger partial charge on any atom is -0.376 e. The van der Waals surface area contributed by atoms with Crippen LogP contribution < -0.4 is 5.73 Å². The molecular weight excluding hydrogens is 426 g/mol. The minimum atomic E-state index is -0.381. The maximum absolute atomic E-state index is 12.6. The van der Waals surface area contributed by atoms with Gasteiger partial charge in [0.1, 0.15) is 5.82 Å². The zero-order valence-electron chi connectivity index (χ0n) is 16.9. The molecule has 3 rings (SSSR count). The quantitative estimate of drug-likeness (QED) is 0.556. The summed E-state index contributed by atoms with van der Waals surface area (Å²) in [4.78, 5) is 25.4. The fraction of sp³-hybridized carbons (Fsp3) is 0.500. The number of ether oxygens (including phenoxy) is 1. The molecule has 1 aromatic heterocycles. The van der Waals surface area contributed by atoms with Gasteiger partial charge in [-0.2, -0.15) is 0 Å². The van der Waals surface area contributed by atoms with Crippen LogP contribution in [0.5, 0.6) is 0 Å². The number of benzene rings is 1. The first-order valence-corrected chi connectivity index (χ1v) is 11.2.